The van der Waals surface area contributed by atoms with Crippen LogP contribution < -0.4 is 5.32 Å². The third-order valence-electron chi connectivity index (χ3n) is 4.64. The molecule has 0 unspecified atom stereocenters. The van der Waals surface area contributed by atoms with E-state index < -0.39 is 5.82 Å². The molecule has 2 heterocycles. The van der Waals surface area contributed by atoms with Gasteiger partial charge in [0.25, 0.3) is 5.91 Å². The van der Waals surface area contributed by atoms with Gasteiger partial charge in [0, 0.05) is 25.2 Å². The second-order valence-corrected chi connectivity index (χ2v) is 6.93. The van der Waals surface area contributed by atoms with Gasteiger partial charge >= 0.3 is 0 Å². The first-order valence-electron chi connectivity index (χ1n) is 8.93. The van der Waals surface area contributed by atoms with Crippen molar-refractivity contribution in [2.75, 3.05) is 33.4 Å². The molecule has 1 aliphatic rings. The average molecular weight is 432 g/mol. The lowest BCUT2D eigenvalue weighted by Crippen LogP contribution is -2.34. The maximum atomic E-state index is 13.3. The molecular weight excluding hydrogens is 408 g/mol. The first kappa shape index (κ1) is 22.5. The molecule has 28 heavy (non-hydrogen) atoms. The molecule has 0 aliphatic carbocycles. The van der Waals surface area contributed by atoms with Crippen LogP contribution in [0.3, 0.4) is 0 Å². The molecule has 1 aromatic heterocycles. The summed E-state index contributed by atoms with van der Waals surface area (Å²) in [5, 5.41) is 11.8. The van der Waals surface area contributed by atoms with Gasteiger partial charge in [-0.1, -0.05) is 22.9 Å². The Morgan fingerprint density at radius 3 is 2.86 bits per heavy atom. The van der Waals surface area contributed by atoms with Crippen molar-refractivity contribution in [2.24, 2.45) is 0 Å². The number of nitrogens with one attached hydrogen (secondary N) is 1. The molecule has 3 rings (SSSR count). The Bertz CT molecular complexity index is 783. The number of hydrogen-bond acceptors (Lipinski definition) is 5. The Balaban J connectivity index is 0.00000280. The van der Waals surface area contributed by atoms with Gasteiger partial charge in [-0.15, -0.1) is 17.5 Å². The van der Waals surface area contributed by atoms with Crippen molar-refractivity contribution in [3.8, 4) is 0 Å². The lowest BCUT2D eigenvalue weighted by Gasteiger charge is -2.23. The normalized spacial score (nSPS) is 14.5. The molecule has 0 spiro atoms. The van der Waals surface area contributed by atoms with Crippen LogP contribution in [0.25, 0.3) is 0 Å². The van der Waals surface area contributed by atoms with Crippen molar-refractivity contribution in [3.05, 3.63) is 46.5 Å². The second kappa shape index (κ2) is 10.7. The zero-order valence-corrected chi connectivity index (χ0v) is 17.2. The van der Waals surface area contributed by atoms with E-state index in [1.54, 1.807) is 29.0 Å². The molecule has 1 N–H and O–H groups in total. The van der Waals surface area contributed by atoms with Gasteiger partial charge in [-0.05, 0) is 43.6 Å². The van der Waals surface area contributed by atoms with E-state index >= 15 is 0 Å². The Morgan fingerprint density at radius 1 is 1.43 bits per heavy atom. The number of amides is 1. The van der Waals surface area contributed by atoms with Crippen LogP contribution in [0.2, 0.25) is 5.02 Å². The van der Waals surface area contributed by atoms with E-state index in [1.165, 1.54) is 12.1 Å². The summed E-state index contributed by atoms with van der Waals surface area (Å²) in [5.41, 5.74) is 0.941. The summed E-state index contributed by atoms with van der Waals surface area (Å²) in [7, 11) is 1.57. The number of methoxy groups -OCH3 is 1. The van der Waals surface area contributed by atoms with Gasteiger partial charge in [-0.2, -0.15) is 0 Å². The predicted octanol–water partition coefficient (Wildman–Crippen LogP) is 2.71. The summed E-state index contributed by atoms with van der Waals surface area (Å²) in [5.74, 6) is -0.670. The molecule has 1 saturated heterocycles. The van der Waals surface area contributed by atoms with Gasteiger partial charge in [-0.3, -0.25) is 4.79 Å². The van der Waals surface area contributed by atoms with E-state index in [4.69, 9.17) is 16.3 Å². The molecule has 1 amide bonds. The third kappa shape index (κ3) is 5.64. The second-order valence-electron chi connectivity index (χ2n) is 6.52. The van der Waals surface area contributed by atoms with Crippen LogP contribution in [0.5, 0.6) is 0 Å². The molecule has 1 aromatic carbocycles. The van der Waals surface area contributed by atoms with Crippen molar-refractivity contribution in [3.63, 3.8) is 0 Å². The highest BCUT2D eigenvalue weighted by atomic mass is 35.5. The van der Waals surface area contributed by atoms with Crippen LogP contribution in [0.4, 0.5) is 4.39 Å². The van der Waals surface area contributed by atoms with Crippen molar-refractivity contribution in [1.29, 1.82) is 0 Å². The van der Waals surface area contributed by atoms with E-state index in [9.17, 15) is 9.18 Å². The topological polar surface area (TPSA) is 72.3 Å². The van der Waals surface area contributed by atoms with E-state index in [0.717, 1.165) is 25.9 Å². The molecular formula is C18H24Cl2FN5O2. The van der Waals surface area contributed by atoms with Crippen molar-refractivity contribution >= 4 is 29.9 Å². The summed E-state index contributed by atoms with van der Waals surface area (Å²) in [6, 6.07) is 4.40. The minimum absolute atomic E-state index is 0. The van der Waals surface area contributed by atoms with Crippen molar-refractivity contribution in [1.82, 2.24) is 25.2 Å². The third-order valence-corrected chi connectivity index (χ3v) is 4.99. The summed E-state index contributed by atoms with van der Waals surface area (Å²) in [4.78, 5) is 14.5. The molecule has 0 radical (unpaired) electrons. The van der Waals surface area contributed by atoms with Crippen LogP contribution in [0.15, 0.2) is 24.4 Å². The highest BCUT2D eigenvalue weighted by Gasteiger charge is 2.23. The number of aromatic nitrogens is 3. The monoisotopic (exact) mass is 431 g/mol. The van der Waals surface area contributed by atoms with Crippen molar-refractivity contribution in [2.45, 2.75) is 25.4 Å². The first-order valence-corrected chi connectivity index (χ1v) is 9.31. The minimum atomic E-state index is -0.413. The van der Waals surface area contributed by atoms with E-state index in [1.807, 2.05) is 0 Å². The van der Waals surface area contributed by atoms with Crippen LogP contribution in [0.1, 0.15) is 34.9 Å². The SMILES string of the molecule is COCCN(Cc1ccc(F)cc1Cl)C(=O)c1cn(C2CCNCC2)nn1.Cl. The summed E-state index contributed by atoms with van der Waals surface area (Å²) in [6.45, 7) is 2.82. The van der Waals surface area contributed by atoms with Crippen LogP contribution in [-0.4, -0.2) is 59.2 Å². The Kier molecular flexibility index (Phi) is 8.62. The molecule has 7 nitrogen and oxygen atoms in total. The van der Waals surface area contributed by atoms with Crippen LogP contribution >= 0.6 is 24.0 Å². The van der Waals surface area contributed by atoms with E-state index in [0.29, 0.717) is 18.7 Å². The summed E-state index contributed by atoms with van der Waals surface area (Å²) >= 11 is 6.12. The van der Waals surface area contributed by atoms with Gasteiger partial charge < -0.3 is 15.0 Å². The van der Waals surface area contributed by atoms with Gasteiger partial charge in [-0.25, -0.2) is 9.07 Å². The van der Waals surface area contributed by atoms with Gasteiger partial charge in [0.15, 0.2) is 5.69 Å². The Labute approximate surface area is 174 Å². The first-order chi connectivity index (χ1) is 13.1. The average Bonchev–Trinajstić information content (AvgIpc) is 3.17. The van der Waals surface area contributed by atoms with Crippen LogP contribution in [0, 0.1) is 5.82 Å². The maximum Gasteiger partial charge on any atom is 0.276 e. The molecule has 1 aliphatic heterocycles. The molecule has 154 valence electrons. The quantitative estimate of drug-likeness (QED) is 0.729. The number of hydrogen-bond donors (Lipinski definition) is 1. The molecule has 0 saturated carbocycles. The van der Waals surface area contributed by atoms with E-state index in [2.05, 4.69) is 15.6 Å². The highest BCUT2D eigenvalue weighted by molar-refractivity contribution is 6.31. The number of piperidine rings is 1. The standard InChI is InChI=1S/C18H23ClFN5O2.ClH/c1-27-9-8-24(11-13-2-3-14(20)10-16(13)19)18(26)17-12-25(23-22-17)15-4-6-21-7-5-15;/h2-3,10,12,15,21H,4-9,11H2,1H3;1H. The molecule has 10 heteroatoms. The number of halogens is 3. The van der Waals surface area contributed by atoms with Crippen LogP contribution in [-0.2, 0) is 11.3 Å². The molecule has 1 fully saturated rings. The van der Waals surface area contributed by atoms with Crippen molar-refractivity contribution < 1.29 is 13.9 Å². The number of rotatable bonds is 7. The fraction of sp³-hybridized carbons (Fsp3) is 0.500. The minimum Gasteiger partial charge on any atom is -0.383 e. The fourth-order valence-electron chi connectivity index (χ4n) is 3.10. The number of carbonyl (C=O) groups excluding carboxylic acids is 1. The summed E-state index contributed by atoms with van der Waals surface area (Å²) in [6.07, 6.45) is 3.61. The van der Waals surface area contributed by atoms with E-state index in [-0.39, 0.29) is 41.6 Å². The van der Waals surface area contributed by atoms with Gasteiger partial charge in [0.1, 0.15) is 5.82 Å². The fourth-order valence-corrected chi connectivity index (χ4v) is 3.32. The number of carbonyl (C=O) groups is 1. The number of ether oxygens (including phenoxy) is 1. The largest absolute Gasteiger partial charge is 0.383 e. The molecule has 0 bridgehead atoms. The van der Waals surface area contributed by atoms with Gasteiger partial charge in [0.05, 0.1) is 18.8 Å². The summed E-state index contributed by atoms with van der Waals surface area (Å²) < 4.78 is 20.2. The maximum absolute atomic E-state index is 13.3. The lowest BCUT2D eigenvalue weighted by molar-refractivity contribution is 0.0674. The smallest absolute Gasteiger partial charge is 0.276 e. The zero-order chi connectivity index (χ0) is 19.2. The number of benzene rings is 1. The Hall–Kier alpha value is -1.74. The predicted molar refractivity (Wildman–Crippen MR) is 106 cm³/mol. The highest BCUT2D eigenvalue weighted by Crippen LogP contribution is 2.21. The molecule has 2 aromatic rings. The molecule has 0 atom stereocenters. The Morgan fingerprint density at radius 2 is 2.18 bits per heavy atom. The lowest BCUT2D eigenvalue weighted by atomic mass is 10.1. The number of nitrogens with zero attached hydrogens (tertiary/aromatic N) is 4. The zero-order valence-electron chi connectivity index (χ0n) is 15.6. The van der Waals surface area contributed by atoms with Gasteiger partial charge in [0.2, 0.25) is 0 Å².